The summed E-state index contributed by atoms with van der Waals surface area (Å²) in [5, 5.41) is 0. The summed E-state index contributed by atoms with van der Waals surface area (Å²) in [5.74, 6) is 5.21. The van der Waals surface area contributed by atoms with E-state index in [0.29, 0.717) is 12.2 Å². The quantitative estimate of drug-likeness (QED) is 0.418. The fourth-order valence-electron chi connectivity index (χ4n) is 2.36. The van der Waals surface area contributed by atoms with Gasteiger partial charge in [0.2, 0.25) is 5.91 Å². The normalized spacial score (nSPS) is 32.1. The maximum Gasteiger partial charge on any atom is 0.236 e. The molecule has 0 radical (unpaired) electrons. The third-order valence-corrected chi connectivity index (χ3v) is 3.62. The Morgan fingerprint density at radius 3 is 2.13 bits per heavy atom. The number of nitrogens with one attached hydrogen (secondary N) is 1. The third kappa shape index (κ3) is 2.69. The summed E-state index contributed by atoms with van der Waals surface area (Å²) in [6, 6.07) is 0. The van der Waals surface area contributed by atoms with Crippen LogP contribution in [0.4, 0.5) is 0 Å². The van der Waals surface area contributed by atoms with Crippen molar-refractivity contribution < 1.29 is 9.53 Å². The molecule has 3 N–H and O–H groups in total. The summed E-state index contributed by atoms with van der Waals surface area (Å²) in [6.07, 6.45) is 8.51. The number of hydrogen-bond donors (Lipinski definition) is 2. The van der Waals surface area contributed by atoms with Crippen molar-refractivity contribution in [2.24, 2.45) is 11.8 Å². The number of carbonyl (C=O) groups is 1. The van der Waals surface area contributed by atoms with Gasteiger partial charge >= 0.3 is 0 Å². The third-order valence-electron chi connectivity index (χ3n) is 3.62. The van der Waals surface area contributed by atoms with E-state index in [9.17, 15) is 4.79 Å². The maximum atomic E-state index is 11.3. The van der Waals surface area contributed by atoms with E-state index in [1.54, 1.807) is 0 Å². The zero-order chi connectivity index (χ0) is 10.7. The lowest BCUT2D eigenvalue weighted by Gasteiger charge is -2.34. The average molecular weight is 212 g/mol. The Balaban J connectivity index is 1.69. The molecule has 0 aromatic rings. The summed E-state index contributed by atoms with van der Waals surface area (Å²) in [4.78, 5) is 11.3. The highest BCUT2D eigenvalue weighted by atomic mass is 16.5. The molecule has 2 fully saturated rings. The smallest absolute Gasteiger partial charge is 0.236 e. The fourth-order valence-corrected chi connectivity index (χ4v) is 2.36. The Morgan fingerprint density at radius 2 is 1.67 bits per heavy atom. The van der Waals surface area contributed by atoms with Gasteiger partial charge in [0.1, 0.15) is 0 Å². The van der Waals surface area contributed by atoms with Crippen LogP contribution in [0.3, 0.4) is 0 Å². The zero-order valence-corrected chi connectivity index (χ0v) is 9.08. The second-order valence-electron chi connectivity index (χ2n) is 4.67. The first kappa shape index (κ1) is 10.9. The number of rotatable bonds is 3. The molecule has 0 bridgehead atoms. The molecule has 0 aromatic heterocycles. The van der Waals surface area contributed by atoms with E-state index in [1.807, 2.05) is 0 Å². The molecule has 0 saturated heterocycles. The first-order chi connectivity index (χ1) is 7.29. The van der Waals surface area contributed by atoms with Crippen LogP contribution in [0, 0.1) is 5.92 Å². The van der Waals surface area contributed by atoms with Gasteiger partial charge in [-0.3, -0.25) is 10.2 Å². The SMILES string of the molecule is NNC(=O)[C@H]1CC[C@H](OC2CCC2)CC1. The number of amides is 1. The van der Waals surface area contributed by atoms with E-state index >= 15 is 0 Å². The van der Waals surface area contributed by atoms with Crippen LogP contribution in [0.5, 0.6) is 0 Å². The lowest BCUT2D eigenvalue weighted by molar-refractivity contribution is -0.128. The van der Waals surface area contributed by atoms with E-state index in [1.165, 1.54) is 19.3 Å². The molecular weight excluding hydrogens is 192 g/mol. The predicted octanol–water partition coefficient (Wildman–Crippen LogP) is 1.10. The Hall–Kier alpha value is -0.610. The van der Waals surface area contributed by atoms with Crippen LogP contribution in [0.15, 0.2) is 0 Å². The van der Waals surface area contributed by atoms with E-state index in [4.69, 9.17) is 10.6 Å². The molecule has 86 valence electrons. The standard InChI is InChI=1S/C11H20N2O2/c12-13-11(14)8-4-6-10(7-5-8)15-9-2-1-3-9/h8-10H,1-7,12H2,(H,13,14)/t8-,10-. The van der Waals surface area contributed by atoms with Gasteiger partial charge in [-0.25, -0.2) is 5.84 Å². The fraction of sp³-hybridized carbons (Fsp3) is 0.909. The van der Waals surface area contributed by atoms with Gasteiger partial charge in [0, 0.05) is 5.92 Å². The number of hydrazine groups is 1. The zero-order valence-electron chi connectivity index (χ0n) is 9.08. The highest BCUT2D eigenvalue weighted by Gasteiger charge is 2.29. The minimum atomic E-state index is -0.0166. The van der Waals surface area contributed by atoms with Crippen LogP contribution >= 0.6 is 0 Å². The Kier molecular flexibility index (Phi) is 3.59. The van der Waals surface area contributed by atoms with Crippen molar-refractivity contribution in [2.75, 3.05) is 0 Å². The maximum absolute atomic E-state index is 11.3. The average Bonchev–Trinajstić information content (AvgIpc) is 2.23. The molecule has 4 nitrogen and oxygen atoms in total. The van der Waals surface area contributed by atoms with Crippen molar-refractivity contribution in [1.29, 1.82) is 0 Å². The molecule has 2 rings (SSSR count). The second kappa shape index (κ2) is 4.94. The van der Waals surface area contributed by atoms with E-state index in [-0.39, 0.29) is 11.8 Å². The topological polar surface area (TPSA) is 64.3 Å². The van der Waals surface area contributed by atoms with Crippen LogP contribution in [-0.2, 0) is 9.53 Å². The van der Waals surface area contributed by atoms with Crippen molar-refractivity contribution in [1.82, 2.24) is 5.43 Å². The molecule has 0 unspecified atom stereocenters. The molecule has 0 aromatic carbocycles. The van der Waals surface area contributed by atoms with Crippen LogP contribution in [-0.4, -0.2) is 18.1 Å². The van der Waals surface area contributed by atoms with E-state index < -0.39 is 0 Å². The number of ether oxygens (including phenoxy) is 1. The minimum absolute atomic E-state index is 0.0166. The predicted molar refractivity (Wildman–Crippen MR) is 56.8 cm³/mol. The Bertz CT molecular complexity index is 221. The molecule has 0 aliphatic heterocycles. The molecule has 0 spiro atoms. The van der Waals surface area contributed by atoms with Crippen molar-refractivity contribution in [3.8, 4) is 0 Å². The summed E-state index contributed by atoms with van der Waals surface area (Å²) in [7, 11) is 0. The van der Waals surface area contributed by atoms with E-state index in [0.717, 1.165) is 25.7 Å². The van der Waals surface area contributed by atoms with Crippen LogP contribution < -0.4 is 11.3 Å². The summed E-state index contributed by atoms with van der Waals surface area (Å²) in [6.45, 7) is 0. The van der Waals surface area contributed by atoms with Gasteiger partial charge in [0.05, 0.1) is 12.2 Å². The van der Waals surface area contributed by atoms with Crippen molar-refractivity contribution in [3.63, 3.8) is 0 Å². The lowest BCUT2D eigenvalue weighted by atomic mass is 9.86. The Labute approximate surface area is 90.5 Å². The molecule has 1 amide bonds. The molecule has 2 aliphatic rings. The second-order valence-corrected chi connectivity index (χ2v) is 4.67. The molecular formula is C11H20N2O2. The van der Waals surface area contributed by atoms with Crippen molar-refractivity contribution in [2.45, 2.75) is 57.2 Å². The van der Waals surface area contributed by atoms with E-state index in [2.05, 4.69) is 5.43 Å². The molecule has 2 saturated carbocycles. The van der Waals surface area contributed by atoms with Gasteiger partial charge in [0.25, 0.3) is 0 Å². The van der Waals surface area contributed by atoms with Crippen LogP contribution in [0.25, 0.3) is 0 Å². The molecule has 0 atom stereocenters. The van der Waals surface area contributed by atoms with Gasteiger partial charge < -0.3 is 4.74 Å². The number of hydrogen-bond acceptors (Lipinski definition) is 3. The molecule has 15 heavy (non-hydrogen) atoms. The number of nitrogens with two attached hydrogens (primary N) is 1. The van der Waals surface area contributed by atoms with Crippen molar-refractivity contribution >= 4 is 5.91 Å². The van der Waals surface area contributed by atoms with Gasteiger partial charge in [-0.05, 0) is 44.9 Å². The highest BCUT2D eigenvalue weighted by Crippen LogP contribution is 2.31. The first-order valence-corrected chi connectivity index (χ1v) is 5.95. The monoisotopic (exact) mass is 212 g/mol. The first-order valence-electron chi connectivity index (χ1n) is 5.95. The summed E-state index contributed by atoms with van der Waals surface area (Å²) < 4.78 is 5.93. The minimum Gasteiger partial charge on any atom is -0.375 e. The van der Waals surface area contributed by atoms with Crippen LogP contribution in [0.2, 0.25) is 0 Å². The molecule has 4 heteroatoms. The van der Waals surface area contributed by atoms with Crippen LogP contribution in [0.1, 0.15) is 44.9 Å². The van der Waals surface area contributed by atoms with Gasteiger partial charge in [0.15, 0.2) is 0 Å². The lowest BCUT2D eigenvalue weighted by Crippen LogP contribution is -2.39. The van der Waals surface area contributed by atoms with Gasteiger partial charge in [-0.2, -0.15) is 0 Å². The summed E-state index contributed by atoms with van der Waals surface area (Å²) >= 11 is 0. The van der Waals surface area contributed by atoms with Gasteiger partial charge in [-0.15, -0.1) is 0 Å². The largest absolute Gasteiger partial charge is 0.375 e. The molecule has 0 heterocycles. The van der Waals surface area contributed by atoms with Crippen molar-refractivity contribution in [3.05, 3.63) is 0 Å². The highest BCUT2D eigenvalue weighted by molar-refractivity contribution is 5.77. The van der Waals surface area contributed by atoms with Gasteiger partial charge in [-0.1, -0.05) is 0 Å². The Morgan fingerprint density at radius 1 is 1.07 bits per heavy atom. The molecule has 2 aliphatic carbocycles. The number of carbonyl (C=O) groups excluding carboxylic acids is 1. The summed E-state index contributed by atoms with van der Waals surface area (Å²) in [5.41, 5.74) is 2.23.